The smallest absolute Gasteiger partial charge is 0.317 e. The lowest BCUT2D eigenvalue weighted by molar-refractivity contribution is -0.151. The highest BCUT2D eigenvalue weighted by atomic mass is 16.6. The molecular formula is C19H22O4. The molecule has 0 aromatic heterocycles. The standard InChI is InChI=1S/C19H22O4/c1-18-6-5-13-11(12(18)2-3-16(18)21)9-15-14-8-10(20)4-7-19(13,14)17(22)23-15/h8,11-13,15H,2-7,9H2,1H3/t11-,12?,13?,15-,18-,19-/m0/s1. The fourth-order valence-corrected chi connectivity index (χ4v) is 6.71. The van der Waals surface area contributed by atoms with Gasteiger partial charge in [0.25, 0.3) is 0 Å². The van der Waals surface area contributed by atoms with Gasteiger partial charge in [-0.25, -0.2) is 0 Å². The zero-order chi connectivity index (χ0) is 16.0. The maximum Gasteiger partial charge on any atom is 0.317 e. The van der Waals surface area contributed by atoms with Gasteiger partial charge in [0.1, 0.15) is 11.9 Å². The van der Waals surface area contributed by atoms with Crippen LogP contribution >= 0.6 is 0 Å². The van der Waals surface area contributed by atoms with E-state index in [4.69, 9.17) is 4.74 Å². The van der Waals surface area contributed by atoms with Crippen molar-refractivity contribution >= 4 is 17.5 Å². The molecule has 0 N–H and O–H groups in total. The molecule has 23 heavy (non-hydrogen) atoms. The summed E-state index contributed by atoms with van der Waals surface area (Å²) < 4.78 is 5.73. The summed E-state index contributed by atoms with van der Waals surface area (Å²) in [6.45, 7) is 2.14. The lowest BCUT2D eigenvalue weighted by Gasteiger charge is -2.53. The van der Waals surface area contributed by atoms with Crippen molar-refractivity contribution in [3.8, 4) is 0 Å². The zero-order valence-electron chi connectivity index (χ0n) is 13.5. The molecule has 4 fully saturated rings. The van der Waals surface area contributed by atoms with Gasteiger partial charge in [-0.1, -0.05) is 6.92 Å². The molecule has 2 unspecified atom stereocenters. The van der Waals surface area contributed by atoms with Gasteiger partial charge in [0.05, 0.1) is 5.41 Å². The van der Waals surface area contributed by atoms with Crippen LogP contribution in [-0.2, 0) is 19.1 Å². The molecule has 0 aromatic rings. The first-order valence-corrected chi connectivity index (χ1v) is 8.96. The van der Waals surface area contributed by atoms with Crippen molar-refractivity contribution in [3.05, 3.63) is 11.6 Å². The first-order valence-electron chi connectivity index (χ1n) is 8.96. The Kier molecular flexibility index (Phi) is 2.51. The minimum absolute atomic E-state index is 0.0957. The summed E-state index contributed by atoms with van der Waals surface area (Å²) in [5.41, 5.74) is 0.230. The highest BCUT2D eigenvalue weighted by molar-refractivity contribution is 5.97. The van der Waals surface area contributed by atoms with Crippen molar-refractivity contribution < 1.29 is 19.1 Å². The monoisotopic (exact) mass is 314 g/mol. The van der Waals surface area contributed by atoms with Crippen LogP contribution in [-0.4, -0.2) is 23.6 Å². The van der Waals surface area contributed by atoms with E-state index in [2.05, 4.69) is 6.92 Å². The topological polar surface area (TPSA) is 60.4 Å². The van der Waals surface area contributed by atoms with Crippen molar-refractivity contribution in [2.75, 3.05) is 0 Å². The summed E-state index contributed by atoms with van der Waals surface area (Å²) in [5, 5.41) is 0. The molecule has 3 saturated carbocycles. The summed E-state index contributed by atoms with van der Waals surface area (Å²) in [7, 11) is 0. The van der Waals surface area contributed by atoms with Crippen LogP contribution in [0.15, 0.2) is 11.6 Å². The Morgan fingerprint density at radius 1 is 1.09 bits per heavy atom. The Bertz CT molecular complexity index is 677. The summed E-state index contributed by atoms with van der Waals surface area (Å²) >= 11 is 0. The van der Waals surface area contributed by atoms with E-state index in [1.807, 2.05) is 0 Å². The van der Waals surface area contributed by atoms with Crippen molar-refractivity contribution in [1.82, 2.24) is 0 Å². The number of esters is 1. The van der Waals surface area contributed by atoms with Crippen LogP contribution in [0.2, 0.25) is 0 Å². The summed E-state index contributed by atoms with van der Waals surface area (Å²) in [4.78, 5) is 37.1. The number of Topliss-reactive ketones (excluding diaryl/α,β-unsaturated/α-hetero) is 1. The van der Waals surface area contributed by atoms with Gasteiger partial charge in [-0.3, -0.25) is 14.4 Å². The fraction of sp³-hybridized carbons (Fsp3) is 0.737. The average molecular weight is 314 g/mol. The molecule has 6 atom stereocenters. The van der Waals surface area contributed by atoms with E-state index in [1.54, 1.807) is 6.08 Å². The fourth-order valence-electron chi connectivity index (χ4n) is 6.71. The lowest BCUT2D eigenvalue weighted by Crippen LogP contribution is -2.53. The third-order valence-electron chi connectivity index (χ3n) is 7.82. The van der Waals surface area contributed by atoms with Gasteiger partial charge in [0.15, 0.2) is 5.78 Å². The first-order chi connectivity index (χ1) is 11.0. The summed E-state index contributed by atoms with van der Waals surface area (Å²) in [6.07, 6.45) is 6.83. The van der Waals surface area contributed by atoms with E-state index in [-0.39, 0.29) is 29.2 Å². The Balaban J connectivity index is 1.62. The molecule has 4 nitrogen and oxygen atoms in total. The summed E-state index contributed by atoms with van der Waals surface area (Å²) in [6, 6.07) is 0. The second-order valence-electron chi connectivity index (χ2n) is 8.46. The van der Waals surface area contributed by atoms with Crippen LogP contribution < -0.4 is 0 Å². The molecule has 1 heterocycles. The van der Waals surface area contributed by atoms with E-state index < -0.39 is 5.41 Å². The number of carbonyl (C=O) groups excluding carboxylic acids is 3. The number of rotatable bonds is 0. The highest BCUT2D eigenvalue weighted by Crippen LogP contribution is 2.67. The highest BCUT2D eigenvalue weighted by Gasteiger charge is 2.68. The van der Waals surface area contributed by atoms with Gasteiger partial charge in [0.2, 0.25) is 0 Å². The molecule has 0 spiro atoms. The lowest BCUT2D eigenvalue weighted by atomic mass is 9.47. The largest absolute Gasteiger partial charge is 0.457 e. The number of carbonyl (C=O) groups is 3. The molecule has 0 aromatic carbocycles. The van der Waals surface area contributed by atoms with E-state index >= 15 is 0 Å². The second kappa shape index (κ2) is 4.14. The number of hydrogen-bond donors (Lipinski definition) is 0. The molecule has 4 aliphatic carbocycles. The van der Waals surface area contributed by atoms with Gasteiger partial charge < -0.3 is 4.74 Å². The molecule has 5 rings (SSSR count). The average Bonchev–Trinajstić information content (AvgIpc) is 2.92. The molecule has 0 radical (unpaired) electrons. The van der Waals surface area contributed by atoms with Crippen molar-refractivity contribution in [2.45, 2.75) is 58.0 Å². The minimum Gasteiger partial charge on any atom is -0.457 e. The van der Waals surface area contributed by atoms with Crippen LogP contribution in [0.4, 0.5) is 0 Å². The zero-order valence-corrected chi connectivity index (χ0v) is 13.5. The van der Waals surface area contributed by atoms with Crippen LogP contribution in [0.25, 0.3) is 0 Å². The normalized spacial score (nSPS) is 50.8. The second-order valence-corrected chi connectivity index (χ2v) is 8.46. The number of fused-ring (bicyclic) bond motifs is 3. The molecule has 122 valence electrons. The predicted octanol–water partition coefficient (Wildman–Crippen LogP) is 2.60. The quantitative estimate of drug-likeness (QED) is 0.645. The molecule has 0 amide bonds. The molecule has 1 saturated heterocycles. The molecular weight excluding hydrogens is 292 g/mol. The maximum absolute atomic E-state index is 12.8. The van der Waals surface area contributed by atoms with Gasteiger partial charge in [-0.05, 0) is 61.5 Å². The SMILES string of the molecule is C[C@]12CCC3[C@@H](C[C@@H]4OC(=O)[C@@]35CCC(=O)C=C45)C1CCC2=O. The van der Waals surface area contributed by atoms with Crippen LogP contribution in [0.5, 0.6) is 0 Å². The van der Waals surface area contributed by atoms with E-state index in [0.717, 1.165) is 31.3 Å². The van der Waals surface area contributed by atoms with E-state index in [1.165, 1.54) is 0 Å². The maximum atomic E-state index is 12.8. The molecule has 4 heteroatoms. The predicted molar refractivity (Wildman–Crippen MR) is 81.3 cm³/mol. The Labute approximate surface area is 135 Å². The number of hydrogen-bond acceptors (Lipinski definition) is 4. The first kappa shape index (κ1) is 13.9. The molecule has 1 aliphatic heterocycles. The van der Waals surface area contributed by atoms with Gasteiger partial charge in [-0.15, -0.1) is 0 Å². The minimum atomic E-state index is -0.547. The van der Waals surface area contributed by atoms with E-state index in [9.17, 15) is 14.4 Å². The van der Waals surface area contributed by atoms with Crippen molar-refractivity contribution in [3.63, 3.8) is 0 Å². The Morgan fingerprint density at radius 3 is 2.74 bits per heavy atom. The van der Waals surface area contributed by atoms with Crippen LogP contribution in [0.1, 0.15) is 51.9 Å². The summed E-state index contributed by atoms with van der Waals surface area (Å²) in [5.74, 6) is 1.50. The van der Waals surface area contributed by atoms with Gasteiger partial charge >= 0.3 is 5.97 Å². The third-order valence-corrected chi connectivity index (χ3v) is 7.82. The van der Waals surface area contributed by atoms with E-state index in [0.29, 0.717) is 36.9 Å². The van der Waals surface area contributed by atoms with Gasteiger partial charge in [0, 0.05) is 18.3 Å². The van der Waals surface area contributed by atoms with Crippen molar-refractivity contribution in [2.24, 2.45) is 28.6 Å². The third kappa shape index (κ3) is 1.46. The van der Waals surface area contributed by atoms with Crippen molar-refractivity contribution in [1.29, 1.82) is 0 Å². The number of ketones is 2. The Morgan fingerprint density at radius 2 is 1.91 bits per heavy atom. The van der Waals surface area contributed by atoms with Crippen LogP contribution in [0, 0.1) is 28.6 Å². The van der Waals surface area contributed by atoms with Crippen LogP contribution in [0.3, 0.4) is 0 Å². The molecule has 2 bridgehead atoms. The number of ether oxygens (including phenoxy) is 1. The van der Waals surface area contributed by atoms with Gasteiger partial charge in [-0.2, -0.15) is 0 Å². The molecule has 5 aliphatic rings. The Hall–Kier alpha value is -1.45.